The van der Waals surface area contributed by atoms with Gasteiger partial charge in [-0.15, -0.1) is 0 Å². The number of benzene rings is 1. The van der Waals surface area contributed by atoms with Gasteiger partial charge < -0.3 is 5.32 Å². The van der Waals surface area contributed by atoms with Gasteiger partial charge in [0.2, 0.25) is 5.82 Å². The Morgan fingerprint density at radius 1 is 1.33 bits per heavy atom. The van der Waals surface area contributed by atoms with Crippen molar-refractivity contribution in [3.8, 4) is 0 Å². The molecule has 0 radical (unpaired) electrons. The Morgan fingerprint density at radius 3 is 2.52 bits per heavy atom. The van der Waals surface area contributed by atoms with E-state index in [1.807, 2.05) is 20.8 Å². The van der Waals surface area contributed by atoms with E-state index in [0.29, 0.717) is 12.0 Å². The molecular weight excluding hydrogens is 278 g/mol. The first-order chi connectivity index (χ1) is 9.85. The summed E-state index contributed by atoms with van der Waals surface area (Å²) in [6.07, 6.45) is 1.95. The highest BCUT2D eigenvalue weighted by Gasteiger charge is 2.24. The van der Waals surface area contributed by atoms with Crippen LogP contribution in [0, 0.1) is 27.7 Å². The van der Waals surface area contributed by atoms with Crippen LogP contribution < -0.4 is 5.32 Å². The lowest BCUT2D eigenvalue weighted by Gasteiger charge is -2.20. The highest BCUT2D eigenvalue weighted by molar-refractivity contribution is 5.42. The minimum Gasteiger partial charge on any atom is -0.314 e. The maximum atomic E-state index is 13.6. The molecule has 0 bridgehead atoms. The van der Waals surface area contributed by atoms with E-state index in [1.165, 1.54) is 0 Å². The van der Waals surface area contributed by atoms with Crippen molar-refractivity contribution in [2.75, 3.05) is 6.54 Å². The smallest absolute Gasteiger partial charge is 0.308 e. The molecule has 0 aliphatic carbocycles. The van der Waals surface area contributed by atoms with Crippen molar-refractivity contribution >= 4 is 5.69 Å². The summed E-state index contributed by atoms with van der Waals surface area (Å²) in [4.78, 5) is 10.2. The minimum absolute atomic E-state index is 0.0372. The minimum atomic E-state index is -1.12. The van der Waals surface area contributed by atoms with Gasteiger partial charge in [-0.05, 0) is 37.8 Å². The standard InChI is InChI=1S/C15H22F2N2O2/c1-4-5-18-13(6-10(2)3)8-11-7-12(16)9-14(17)15(11)19(20)21/h7,9-10,13,18H,4-6,8H2,1-3H3. The average Bonchev–Trinajstić information content (AvgIpc) is 2.33. The summed E-state index contributed by atoms with van der Waals surface area (Å²) in [6, 6.07) is 1.57. The summed E-state index contributed by atoms with van der Waals surface area (Å²) in [5, 5.41) is 14.3. The zero-order chi connectivity index (χ0) is 16.0. The lowest BCUT2D eigenvalue weighted by atomic mass is 9.96. The van der Waals surface area contributed by atoms with Gasteiger partial charge >= 0.3 is 5.69 Å². The van der Waals surface area contributed by atoms with Gasteiger partial charge in [-0.1, -0.05) is 20.8 Å². The molecule has 1 N–H and O–H groups in total. The van der Waals surface area contributed by atoms with Crippen molar-refractivity contribution in [2.24, 2.45) is 5.92 Å². The number of halogens is 2. The first-order valence-electron chi connectivity index (χ1n) is 7.20. The van der Waals surface area contributed by atoms with Crippen LogP contribution in [0.4, 0.5) is 14.5 Å². The summed E-state index contributed by atoms with van der Waals surface area (Å²) in [7, 11) is 0. The third-order valence-corrected chi connectivity index (χ3v) is 3.19. The van der Waals surface area contributed by atoms with E-state index >= 15 is 0 Å². The maximum absolute atomic E-state index is 13.6. The summed E-state index contributed by atoms with van der Waals surface area (Å²) in [6.45, 7) is 6.87. The number of nitrogens with one attached hydrogen (secondary N) is 1. The molecule has 0 aliphatic rings. The van der Waals surface area contributed by atoms with Crippen molar-refractivity contribution in [1.29, 1.82) is 0 Å². The van der Waals surface area contributed by atoms with Crippen LogP contribution in [0.1, 0.15) is 39.2 Å². The third kappa shape index (κ3) is 5.38. The summed E-state index contributed by atoms with van der Waals surface area (Å²) in [5.74, 6) is -1.52. The monoisotopic (exact) mass is 300 g/mol. The molecule has 0 aliphatic heterocycles. The number of hydrogen-bond donors (Lipinski definition) is 1. The number of hydrogen-bond acceptors (Lipinski definition) is 3. The van der Waals surface area contributed by atoms with Gasteiger partial charge in [0, 0.05) is 17.7 Å². The molecule has 0 amide bonds. The Kier molecular flexibility index (Phi) is 6.68. The summed E-state index contributed by atoms with van der Waals surface area (Å²) in [5.41, 5.74) is -0.518. The zero-order valence-corrected chi connectivity index (χ0v) is 12.7. The molecule has 1 unspecified atom stereocenters. The number of rotatable bonds is 8. The Labute approximate surface area is 123 Å². The van der Waals surface area contributed by atoms with E-state index in [-0.39, 0.29) is 18.0 Å². The quantitative estimate of drug-likeness (QED) is 0.586. The molecule has 1 atom stereocenters. The van der Waals surface area contributed by atoms with Crippen LogP contribution in [-0.4, -0.2) is 17.5 Å². The van der Waals surface area contributed by atoms with E-state index in [4.69, 9.17) is 0 Å². The van der Waals surface area contributed by atoms with Gasteiger partial charge in [0.15, 0.2) is 0 Å². The van der Waals surface area contributed by atoms with Crippen LogP contribution in [0.25, 0.3) is 0 Å². The Bertz CT molecular complexity index is 493. The Balaban J connectivity index is 3.03. The Hall–Kier alpha value is -1.56. The van der Waals surface area contributed by atoms with Crippen molar-refractivity contribution in [1.82, 2.24) is 5.32 Å². The second-order valence-corrected chi connectivity index (χ2v) is 5.64. The molecular formula is C15H22F2N2O2. The van der Waals surface area contributed by atoms with Gasteiger partial charge in [0.25, 0.3) is 0 Å². The fraction of sp³-hybridized carbons (Fsp3) is 0.600. The molecule has 1 rings (SSSR count). The zero-order valence-electron chi connectivity index (χ0n) is 12.7. The normalized spacial score (nSPS) is 12.7. The largest absolute Gasteiger partial charge is 0.314 e. The predicted octanol–water partition coefficient (Wildman–Crippen LogP) is 3.83. The number of nitro benzene ring substituents is 1. The van der Waals surface area contributed by atoms with Crippen molar-refractivity contribution in [2.45, 2.75) is 46.1 Å². The summed E-state index contributed by atoms with van der Waals surface area (Å²) < 4.78 is 27.0. The molecule has 0 heterocycles. The molecule has 4 nitrogen and oxygen atoms in total. The van der Waals surface area contributed by atoms with E-state index in [1.54, 1.807) is 0 Å². The molecule has 1 aromatic rings. The van der Waals surface area contributed by atoms with Crippen molar-refractivity contribution in [3.63, 3.8) is 0 Å². The predicted molar refractivity (Wildman–Crippen MR) is 78.3 cm³/mol. The van der Waals surface area contributed by atoms with Crippen LogP contribution in [0.2, 0.25) is 0 Å². The van der Waals surface area contributed by atoms with Gasteiger partial charge in [-0.25, -0.2) is 4.39 Å². The number of nitrogens with zero attached hydrogens (tertiary/aromatic N) is 1. The second-order valence-electron chi connectivity index (χ2n) is 5.64. The average molecular weight is 300 g/mol. The van der Waals surface area contributed by atoms with Gasteiger partial charge in [0.05, 0.1) is 4.92 Å². The first-order valence-corrected chi connectivity index (χ1v) is 7.20. The molecule has 1 aromatic carbocycles. The molecule has 0 saturated carbocycles. The van der Waals surface area contributed by atoms with E-state index < -0.39 is 22.2 Å². The maximum Gasteiger partial charge on any atom is 0.308 e. The van der Waals surface area contributed by atoms with Gasteiger partial charge in [-0.2, -0.15) is 4.39 Å². The van der Waals surface area contributed by atoms with Crippen LogP contribution >= 0.6 is 0 Å². The fourth-order valence-corrected chi connectivity index (χ4v) is 2.40. The Morgan fingerprint density at radius 2 is 2.00 bits per heavy atom. The molecule has 21 heavy (non-hydrogen) atoms. The van der Waals surface area contributed by atoms with E-state index in [9.17, 15) is 18.9 Å². The molecule has 0 fully saturated rings. The second kappa shape index (κ2) is 8.02. The van der Waals surface area contributed by atoms with Gasteiger partial charge in [0.1, 0.15) is 5.82 Å². The highest BCUT2D eigenvalue weighted by atomic mass is 19.1. The van der Waals surface area contributed by atoms with Crippen molar-refractivity contribution < 1.29 is 13.7 Å². The molecule has 0 saturated heterocycles. The summed E-state index contributed by atoms with van der Waals surface area (Å²) >= 11 is 0. The topological polar surface area (TPSA) is 55.2 Å². The highest BCUT2D eigenvalue weighted by Crippen LogP contribution is 2.26. The van der Waals surface area contributed by atoms with Crippen LogP contribution in [0.3, 0.4) is 0 Å². The van der Waals surface area contributed by atoms with E-state index in [2.05, 4.69) is 5.32 Å². The van der Waals surface area contributed by atoms with Gasteiger partial charge in [-0.3, -0.25) is 10.1 Å². The van der Waals surface area contributed by atoms with Crippen LogP contribution in [-0.2, 0) is 6.42 Å². The van der Waals surface area contributed by atoms with E-state index in [0.717, 1.165) is 25.5 Å². The first kappa shape index (κ1) is 17.5. The fourth-order valence-electron chi connectivity index (χ4n) is 2.40. The molecule has 118 valence electrons. The van der Waals surface area contributed by atoms with Crippen molar-refractivity contribution in [3.05, 3.63) is 39.4 Å². The van der Waals surface area contributed by atoms with Crippen LogP contribution in [0.15, 0.2) is 12.1 Å². The SMILES string of the molecule is CCCNC(Cc1cc(F)cc(F)c1[N+](=O)[O-])CC(C)C. The lowest BCUT2D eigenvalue weighted by Crippen LogP contribution is -2.33. The van der Waals surface area contributed by atoms with Crippen LogP contribution in [0.5, 0.6) is 0 Å². The lowest BCUT2D eigenvalue weighted by molar-refractivity contribution is -0.388. The molecule has 0 aromatic heterocycles. The number of nitro groups is 1. The third-order valence-electron chi connectivity index (χ3n) is 3.19. The molecule has 6 heteroatoms. The molecule has 0 spiro atoms.